The number of carboxylic acids is 1. The second kappa shape index (κ2) is 33.5. The van der Waals surface area contributed by atoms with Crippen LogP contribution in [-0.4, -0.2) is 140 Å². The molecule has 1 heterocycles. The van der Waals surface area contributed by atoms with Crippen LogP contribution in [0.2, 0.25) is 0 Å². The Hall–Kier alpha value is -7.01. The van der Waals surface area contributed by atoms with Crippen LogP contribution < -0.4 is 32.3 Å². The number of aliphatic hydroxyl groups is 2. The molecule has 0 radical (unpaired) electrons. The molecular formula is C57H72N6O15S2. The fourth-order valence-electron chi connectivity index (χ4n) is 9.20. The van der Waals surface area contributed by atoms with Gasteiger partial charge in [0, 0.05) is 61.9 Å². The zero-order valence-corrected chi connectivity index (χ0v) is 46.6. The number of aromatic hydroxyl groups is 1. The van der Waals surface area contributed by atoms with E-state index in [1.54, 1.807) is 49.4 Å². The lowest BCUT2D eigenvalue weighted by Gasteiger charge is -2.28. The topological polar surface area (TPSA) is 355 Å². The Morgan fingerprint density at radius 1 is 0.762 bits per heavy atom. The molecule has 10 atom stereocenters. The van der Waals surface area contributed by atoms with Gasteiger partial charge in [-0.2, -0.15) is 9.59 Å². The molecule has 432 valence electrons. The number of aliphatic carboxylic acids is 1. The summed E-state index contributed by atoms with van der Waals surface area (Å²) < 4.78 is 0. The molecule has 0 spiro atoms. The van der Waals surface area contributed by atoms with E-state index in [4.69, 9.17) is 15.3 Å². The van der Waals surface area contributed by atoms with Crippen molar-refractivity contribution in [3.8, 4) is 5.75 Å². The first-order chi connectivity index (χ1) is 38.2. The van der Waals surface area contributed by atoms with E-state index in [2.05, 4.69) is 26.6 Å². The Morgan fingerprint density at radius 3 is 2.04 bits per heavy atom. The van der Waals surface area contributed by atoms with Gasteiger partial charge in [0.25, 0.3) is 0 Å². The molecule has 3 aromatic carbocycles. The van der Waals surface area contributed by atoms with Crippen LogP contribution in [0.4, 0.5) is 0 Å². The molecule has 1 aliphatic carbocycles. The molecule has 2 aliphatic rings. The maximum absolute atomic E-state index is 15.0. The van der Waals surface area contributed by atoms with Gasteiger partial charge < -0.3 is 52.7 Å². The standard InChI is InChI=1S/C56H72N6O13S2.CO2/c1-4-49(69)58-44(25-34-12-6-5-7-13-34)55(73)60-45-31-77-76-30-40(54(72)62-51(33(3)64)56(74)75)29-48(68)50(32(2)63)61-52(70)38(15-10-11-23-57)27-46(66)43(26-37-20-19-36-14-8-9-16-42(36)37)59-53(71)39(28-47(45)67)24-35-17-21-41(65)22-18-35;2-1-3/h5-9,12-14,16-18,20-22,32-33,38-40,43-45,50-51,63-65H,4,10-11,15,19,23-31,57H2,1-3H3,(H,58,69)(H,59,71)(H,60,73)(H,61,70)(H,62,72)(H,74,75);/t32-,33-,38-,39-,40+,43-,44-,45+,50+,51+;/m1./s1. The Bertz CT molecular complexity index is 2680. The van der Waals surface area contributed by atoms with Gasteiger partial charge in [-0.25, -0.2) is 4.79 Å². The van der Waals surface area contributed by atoms with E-state index in [9.17, 15) is 63.6 Å². The van der Waals surface area contributed by atoms with Gasteiger partial charge >= 0.3 is 12.1 Å². The number of rotatable bonds is 19. The van der Waals surface area contributed by atoms with E-state index < -0.39 is 132 Å². The maximum Gasteiger partial charge on any atom is 0.373 e. The van der Waals surface area contributed by atoms with Crippen LogP contribution in [0.3, 0.4) is 0 Å². The van der Waals surface area contributed by atoms with Crippen molar-refractivity contribution < 1.29 is 73.2 Å². The monoisotopic (exact) mass is 1140 g/mol. The van der Waals surface area contributed by atoms with Crippen LogP contribution >= 0.6 is 21.6 Å². The second-order valence-corrected chi connectivity index (χ2v) is 22.3. The summed E-state index contributed by atoms with van der Waals surface area (Å²) in [5.41, 5.74) is 9.74. The van der Waals surface area contributed by atoms with Crippen molar-refractivity contribution in [1.82, 2.24) is 26.6 Å². The minimum atomic E-state index is -1.78. The quantitative estimate of drug-likeness (QED) is 0.0609. The van der Waals surface area contributed by atoms with Crippen molar-refractivity contribution in [2.24, 2.45) is 23.5 Å². The molecule has 80 heavy (non-hydrogen) atoms. The lowest BCUT2D eigenvalue weighted by Crippen LogP contribution is -2.54. The molecule has 21 nitrogen and oxygen atoms in total. The third kappa shape index (κ3) is 20.9. The van der Waals surface area contributed by atoms with Gasteiger partial charge in [-0.05, 0) is 86.0 Å². The van der Waals surface area contributed by atoms with E-state index in [0.717, 1.165) is 45.2 Å². The number of phenols is 1. The maximum atomic E-state index is 15.0. The van der Waals surface area contributed by atoms with Gasteiger partial charge in [-0.3, -0.25) is 38.4 Å². The summed E-state index contributed by atoms with van der Waals surface area (Å²) in [6, 6.07) is 15.4. The minimum Gasteiger partial charge on any atom is -0.508 e. The summed E-state index contributed by atoms with van der Waals surface area (Å²) in [6.45, 7) is 4.32. The summed E-state index contributed by atoms with van der Waals surface area (Å²) in [4.78, 5) is 143. The second-order valence-electron chi connectivity index (χ2n) is 19.8. The Kier molecular flexibility index (Phi) is 27.5. The van der Waals surface area contributed by atoms with Gasteiger partial charge in [0.1, 0.15) is 17.8 Å². The largest absolute Gasteiger partial charge is 0.508 e. The van der Waals surface area contributed by atoms with Crippen LogP contribution in [0.25, 0.3) is 5.57 Å². The molecular weight excluding hydrogens is 1070 g/mol. The van der Waals surface area contributed by atoms with Gasteiger partial charge in [0.05, 0.1) is 30.2 Å². The Balaban J connectivity index is 0.00000449. The van der Waals surface area contributed by atoms with Crippen molar-refractivity contribution in [1.29, 1.82) is 0 Å². The summed E-state index contributed by atoms with van der Waals surface area (Å²) in [6.07, 6.45) is -0.811. The van der Waals surface area contributed by atoms with E-state index in [1.165, 1.54) is 19.1 Å². The smallest absolute Gasteiger partial charge is 0.373 e. The summed E-state index contributed by atoms with van der Waals surface area (Å²) in [7, 11) is 2.01. The summed E-state index contributed by atoms with van der Waals surface area (Å²) in [5, 5.41) is 54.6. The van der Waals surface area contributed by atoms with Crippen LogP contribution in [0.5, 0.6) is 5.75 Å². The molecule has 1 fully saturated rings. The number of nitrogens with one attached hydrogen (secondary N) is 5. The number of fused-ring (bicyclic) bond motifs is 1. The number of carbonyl (C=O) groups is 9. The molecule has 3 aromatic rings. The predicted octanol–water partition coefficient (Wildman–Crippen LogP) is 2.55. The average Bonchev–Trinajstić information content (AvgIpc) is 3.87. The SMILES string of the molecule is CCC(=O)N[C@H](Cc1ccccc1)C(=O)N[C@H]1CSSC[C@@H](C(=O)N[C@H](C(=O)O)[C@@H](C)O)CC(=O)[C@H]([C@@H](C)O)NC(=O)[C@H](CCCCN)CC(=O)[C@@H](CC2=CCc3ccccc32)NC(=O)[C@H](Cc2ccc(O)cc2)CC1=O.O=C=O. The predicted molar refractivity (Wildman–Crippen MR) is 298 cm³/mol. The lowest BCUT2D eigenvalue weighted by atomic mass is 9.87. The fourth-order valence-corrected chi connectivity index (χ4v) is 11.7. The van der Waals surface area contributed by atoms with E-state index in [1.807, 2.05) is 30.3 Å². The third-order valence-electron chi connectivity index (χ3n) is 13.7. The van der Waals surface area contributed by atoms with Crippen LogP contribution in [-0.2, 0) is 72.0 Å². The molecule has 23 heteroatoms. The van der Waals surface area contributed by atoms with Crippen molar-refractivity contribution in [3.63, 3.8) is 0 Å². The van der Waals surface area contributed by atoms with E-state index in [0.29, 0.717) is 30.4 Å². The van der Waals surface area contributed by atoms with Crippen molar-refractivity contribution in [2.75, 3.05) is 18.1 Å². The molecule has 0 unspecified atom stereocenters. The molecule has 5 amide bonds. The molecule has 11 N–H and O–H groups in total. The van der Waals surface area contributed by atoms with Crippen molar-refractivity contribution in [3.05, 3.63) is 107 Å². The number of nitrogens with two attached hydrogens (primary N) is 1. The number of aliphatic hydroxyl groups excluding tert-OH is 2. The summed E-state index contributed by atoms with van der Waals surface area (Å²) in [5.74, 6) is -11.1. The molecule has 0 saturated carbocycles. The number of hydrogen-bond acceptors (Lipinski definition) is 17. The highest BCUT2D eigenvalue weighted by atomic mass is 33.1. The number of ketones is 3. The van der Waals surface area contributed by atoms with Gasteiger partial charge in [0.2, 0.25) is 29.5 Å². The molecule has 5 rings (SSSR count). The number of benzene rings is 3. The number of carbonyl (C=O) groups excluding carboxylic acids is 10. The fraction of sp³-hybridized carbons (Fsp3) is 0.474. The zero-order chi connectivity index (χ0) is 58.9. The number of unbranched alkanes of at least 4 members (excludes halogenated alkanes) is 1. The van der Waals surface area contributed by atoms with Gasteiger partial charge in [-0.1, -0.05) is 108 Å². The molecule has 0 aromatic heterocycles. The summed E-state index contributed by atoms with van der Waals surface area (Å²) >= 11 is 0. The van der Waals surface area contributed by atoms with Crippen molar-refractivity contribution in [2.45, 2.75) is 134 Å². The highest BCUT2D eigenvalue weighted by Gasteiger charge is 2.38. The van der Waals surface area contributed by atoms with Crippen LogP contribution in [0.1, 0.15) is 94.4 Å². The first-order valence-electron chi connectivity index (χ1n) is 26.4. The number of phenolic OH excluding ortho intramolecular Hbond substituents is 1. The molecule has 1 aliphatic heterocycles. The van der Waals surface area contributed by atoms with Gasteiger partial charge in [-0.15, -0.1) is 0 Å². The molecule has 1 saturated heterocycles. The lowest BCUT2D eigenvalue weighted by molar-refractivity contribution is -0.192. The van der Waals surface area contributed by atoms with E-state index >= 15 is 0 Å². The highest BCUT2D eigenvalue weighted by Crippen LogP contribution is 2.33. The number of Topliss-reactive ketones (excluding diaryl/α,β-unsaturated/α-hetero) is 3. The highest BCUT2D eigenvalue weighted by molar-refractivity contribution is 8.76. The number of amides is 5. The van der Waals surface area contributed by atoms with E-state index in [-0.39, 0.29) is 62.1 Å². The Morgan fingerprint density at radius 2 is 1.40 bits per heavy atom. The first kappa shape index (κ1) is 65.5. The first-order valence-corrected chi connectivity index (χ1v) is 28.9. The number of allylic oxidation sites excluding steroid dienone is 1. The minimum absolute atomic E-state index is 0.00740. The third-order valence-corrected chi connectivity index (χ3v) is 16.2. The zero-order valence-electron chi connectivity index (χ0n) is 44.9. The Labute approximate surface area is 472 Å². The van der Waals surface area contributed by atoms with Crippen LogP contribution in [0, 0.1) is 17.8 Å². The normalized spacial score (nSPS) is 21.9. The number of hydrogen-bond donors (Lipinski definition) is 10. The van der Waals surface area contributed by atoms with Crippen molar-refractivity contribution >= 4 is 86.2 Å². The average molecular weight is 1150 g/mol. The number of carboxylic acid groups (broad SMARTS) is 1. The molecule has 0 bridgehead atoms. The van der Waals surface area contributed by atoms with Crippen LogP contribution in [0.15, 0.2) is 84.9 Å². The van der Waals surface area contributed by atoms with Gasteiger partial charge in [0.15, 0.2) is 23.4 Å².